The number of benzene rings is 5. The van der Waals surface area contributed by atoms with Crippen molar-refractivity contribution in [3.8, 4) is 16.8 Å². The number of nitrogens with zero attached hydrogens (tertiary/aromatic N) is 2. The quantitative estimate of drug-likeness (QED) is 0.117. The van der Waals surface area contributed by atoms with Crippen LogP contribution >= 0.6 is 11.3 Å². The molecule has 0 aliphatic heterocycles. The molecule has 290 valence electrons. The number of rotatable bonds is 6. The van der Waals surface area contributed by atoms with Crippen LogP contribution < -0.4 is 15.6 Å². The fraction of sp³-hybridized carbons (Fsp3) is 0.143. The van der Waals surface area contributed by atoms with Gasteiger partial charge in [-0.3, -0.25) is 0 Å². The molecule has 3 aromatic heterocycles. The number of aromatic nitrogens is 2. The van der Waals surface area contributed by atoms with E-state index in [2.05, 4.69) is 198 Å². The van der Waals surface area contributed by atoms with E-state index in [-0.39, 0.29) is 0 Å². The van der Waals surface area contributed by atoms with Crippen LogP contribution in [-0.4, -0.2) is 17.2 Å². The second-order valence-electron chi connectivity index (χ2n) is 17.0. The van der Waals surface area contributed by atoms with Gasteiger partial charge in [-0.15, -0.1) is 11.3 Å². The third-order valence-electron chi connectivity index (χ3n) is 13.6. The highest BCUT2D eigenvalue weighted by molar-refractivity contribution is 7.19. The molecular formula is C56H46N2SSi. The van der Waals surface area contributed by atoms with Crippen molar-refractivity contribution in [2.45, 2.75) is 45.4 Å². The molecular weight excluding hydrogens is 761 g/mol. The molecule has 4 aliphatic carbocycles. The topological polar surface area (TPSA) is 9.86 Å². The predicted molar refractivity (Wildman–Crippen MR) is 260 cm³/mol. The zero-order valence-corrected chi connectivity index (χ0v) is 35.8. The molecule has 2 atom stereocenters. The molecule has 8 aromatic rings. The van der Waals surface area contributed by atoms with Crippen molar-refractivity contribution >= 4 is 78.6 Å². The fourth-order valence-electron chi connectivity index (χ4n) is 10.9. The van der Waals surface area contributed by atoms with Crippen LogP contribution in [0.25, 0.3) is 60.5 Å². The average Bonchev–Trinajstić information content (AvgIpc) is 3.88. The van der Waals surface area contributed by atoms with E-state index < -0.39 is 8.07 Å². The van der Waals surface area contributed by atoms with E-state index in [0.717, 1.165) is 38.5 Å². The summed E-state index contributed by atoms with van der Waals surface area (Å²) < 4.78 is 6.51. The molecule has 5 aromatic carbocycles. The summed E-state index contributed by atoms with van der Waals surface area (Å²) in [4.78, 5) is 1.53. The zero-order valence-electron chi connectivity index (χ0n) is 33.9. The number of allylic oxidation sites excluding steroid dienone is 11. The molecule has 12 rings (SSSR count). The number of thiophene rings is 1. The minimum absolute atomic E-state index is 0.523. The Hall–Kier alpha value is -6.20. The van der Waals surface area contributed by atoms with Crippen LogP contribution in [0.15, 0.2) is 181 Å². The Kier molecular flexibility index (Phi) is 8.47. The Morgan fingerprint density at radius 3 is 2.22 bits per heavy atom. The van der Waals surface area contributed by atoms with E-state index in [9.17, 15) is 0 Å². The molecule has 4 heteroatoms. The molecule has 0 saturated heterocycles. The van der Waals surface area contributed by atoms with Crippen LogP contribution in [-0.2, 0) is 19.3 Å². The van der Waals surface area contributed by atoms with Crippen molar-refractivity contribution in [2.24, 2.45) is 5.92 Å². The Morgan fingerprint density at radius 2 is 1.38 bits per heavy atom. The van der Waals surface area contributed by atoms with Crippen molar-refractivity contribution < 1.29 is 0 Å². The first-order chi connectivity index (χ1) is 29.7. The Morgan fingerprint density at radius 1 is 0.600 bits per heavy atom. The second kappa shape index (κ2) is 14.2. The van der Waals surface area contributed by atoms with Gasteiger partial charge in [-0.2, -0.15) is 0 Å². The van der Waals surface area contributed by atoms with Crippen LogP contribution in [0.4, 0.5) is 0 Å². The number of aryl methyl sites for hydroxylation is 1. The lowest BCUT2D eigenvalue weighted by molar-refractivity contribution is 0.734. The first-order valence-electron chi connectivity index (χ1n) is 21.7. The molecule has 3 heterocycles. The van der Waals surface area contributed by atoms with Crippen LogP contribution in [0.5, 0.6) is 0 Å². The van der Waals surface area contributed by atoms with Crippen molar-refractivity contribution in [3.63, 3.8) is 0 Å². The first kappa shape index (κ1) is 35.7. The monoisotopic (exact) mass is 806 g/mol. The van der Waals surface area contributed by atoms with Gasteiger partial charge in [0.25, 0.3) is 0 Å². The van der Waals surface area contributed by atoms with Gasteiger partial charge < -0.3 is 9.13 Å². The lowest BCUT2D eigenvalue weighted by atomic mass is 9.90. The van der Waals surface area contributed by atoms with E-state index in [1.54, 1.807) is 0 Å². The van der Waals surface area contributed by atoms with Crippen LogP contribution in [0.2, 0.25) is 0 Å². The van der Waals surface area contributed by atoms with Gasteiger partial charge >= 0.3 is 0 Å². The number of para-hydroxylation sites is 1. The summed E-state index contributed by atoms with van der Waals surface area (Å²) in [6.45, 7) is 2.34. The van der Waals surface area contributed by atoms with Crippen molar-refractivity contribution in [1.82, 2.24) is 9.13 Å². The van der Waals surface area contributed by atoms with Gasteiger partial charge in [-0.25, -0.2) is 0 Å². The predicted octanol–water partition coefficient (Wildman–Crippen LogP) is 12.4. The van der Waals surface area contributed by atoms with E-state index in [1.807, 2.05) is 11.3 Å². The van der Waals surface area contributed by atoms with Crippen LogP contribution in [0, 0.1) is 5.92 Å². The summed E-state index contributed by atoms with van der Waals surface area (Å²) >= 11 is 1.99. The molecule has 2 unspecified atom stereocenters. The molecule has 0 saturated carbocycles. The molecule has 0 N–H and O–H groups in total. The summed E-state index contributed by atoms with van der Waals surface area (Å²) in [5.41, 5.74) is 12.2. The SMILES string of the molecule is CC1C=CC([Si](c2ccccc2)(c2ccc(-n3c4c(c5c3CCc3sc6ccccc6c3-5)C=CC=CC4)cc2)c2ccc3c(c2)c2ccccc2n3C2=CCCC=C2)=CC1. The summed E-state index contributed by atoms with van der Waals surface area (Å²) in [6.07, 6.45) is 30.0. The highest BCUT2D eigenvalue weighted by Gasteiger charge is 2.43. The van der Waals surface area contributed by atoms with Gasteiger partial charge in [-0.05, 0) is 95.2 Å². The minimum atomic E-state index is -2.82. The highest BCUT2D eigenvalue weighted by Crippen LogP contribution is 2.49. The third-order valence-corrected chi connectivity index (χ3v) is 19.6. The van der Waals surface area contributed by atoms with Gasteiger partial charge in [0.2, 0.25) is 0 Å². The third kappa shape index (κ3) is 5.37. The number of hydrogen-bond donors (Lipinski definition) is 0. The fourth-order valence-corrected chi connectivity index (χ4v) is 16.9. The summed E-state index contributed by atoms with van der Waals surface area (Å²) in [5.74, 6) is 0.523. The lowest BCUT2D eigenvalue weighted by Crippen LogP contribution is -2.68. The highest BCUT2D eigenvalue weighted by atomic mass is 32.1. The Bertz CT molecular complexity index is 3210. The molecule has 0 spiro atoms. The van der Waals surface area contributed by atoms with Gasteiger partial charge in [0.15, 0.2) is 8.07 Å². The molecule has 0 amide bonds. The number of fused-ring (bicyclic) bond motifs is 10. The average molecular weight is 807 g/mol. The molecule has 2 nitrogen and oxygen atoms in total. The van der Waals surface area contributed by atoms with Crippen LogP contribution in [0.1, 0.15) is 48.0 Å². The van der Waals surface area contributed by atoms with E-state index >= 15 is 0 Å². The minimum Gasteiger partial charge on any atom is -0.316 e. The van der Waals surface area contributed by atoms with Crippen molar-refractivity contribution in [1.29, 1.82) is 0 Å². The standard InChI is InChI=1S/C56H46N2SSi/c1-38-25-29-42(30-26-38)60(41-17-7-3-8-18-41,44-33-34-51-48(37-44)45-19-11-13-23-49(45)57(51)39-15-5-2-6-16-39)43-31-27-40(28-32-43)58-50-22-10-4-9-20-46(50)55-52(58)35-36-54-56(55)47-21-12-14-24-53(47)59-54/h3-5,7-21,23-25,27-34,37-38H,2,6,22,26,35-36H2,1H3. The summed E-state index contributed by atoms with van der Waals surface area (Å²) in [6, 6.07) is 46.9. The Balaban J connectivity index is 1.09. The largest absolute Gasteiger partial charge is 0.316 e. The van der Waals surface area contributed by atoms with Crippen LogP contribution in [0.3, 0.4) is 0 Å². The van der Waals surface area contributed by atoms with Crippen molar-refractivity contribution in [3.05, 3.63) is 203 Å². The maximum absolute atomic E-state index is 2.82. The van der Waals surface area contributed by atoms with Gasteiger partial charge in [0.05, 0.1) is 11.0 Å². The van der Waals surface area contributed by atoms with E-state index in [1.165, 1.54) is 97.0 Å². The molecule has 0 bridgehead atoms. The second-order valence-corrected chi connectivity index (χ2v) is 21.9. The summed E-state index contributed by atoms with van der Waals surface area (Å²) in [5, 5.41) is 9.77. The molecule has 4 aliphatic rings. The smallest absolute Gasteiger partial charge is 0.179 e. The van der Waals surface area contributed by atoms with Gasteiger partial charge in [-0.1, -0.05) is 153 Å². The molecule has 60 heavy (non-hydrogen) atoms. The summed E-state index contributed by atoms with van der Waals surface area (Å²) in [7, 11) is -2.82. The number of hydrogen-bond acceptors (Lipinski definition) is 1. The van der Waals surface area contributed by atoms with Crippen molar-refractivity contribution in [2.75, 3.05) is 0 Å². The maximum atomic E-state index is 2.63. The molecule has 0 fully saturated rings. The first-order valence-corrected chi connectivity index (χ1v) is 24.6. The maximum Gasteiger partial charge on any atom is 0.179 e. The Labute approximate surface area is 357 Å². The van der Waals surface area contributed by atoms with E-state index in [0.29, 0.717) is 5.92 Å². The lowest BCUT2D eigenvalue weighted by Gasteiger charge is -2.37. The van der Waals surface area contributed by atoms with Gasteiger partial charge in [0.1, 0.15) is 0 Å². The zero-order chi connectivity index (χ0) is 39.8. The normalized spacial score (nSPS) is 17.9. The van der Waals surface area contributed by atoms with Gasteiger partial charge in [0, 0.05) is 71.6 Å². The van der Waals surface area contributed by atoms with E-state index in [4.69, 9.17) is 0 Å². The molecule has 0 radical (unpaired) electrons.